The molecule has 0 spiro atoms. The maximum Gasteiger partial charge on any atom is 0.0608 e. The minimum atomic E-state index is -0.198. The highest BCUT2D eigenvalue weighted by Gasteiger charge is 2.69. The fraction of sp³-hybridized carbons (Fsp3) is 0.933. The topological polar surface area (TPSA) is 40.5 Å². The molecule has 0 aromatic heterocycles. The van der Waals surface area contributed by atoms with E-state index in [1.165, 1.54) is 32.1 Å². The minimum absolute atomic E-state index is 0.00271. The van der Waals surface area contributed by atoms with Gasteiger partial charge in [0.05, 0.1) is 12.2 Å². The molecule has 0 aromatic rings. The maximum absolute atomic E-state index is 11.7. The predicted molar refractivity (Wildman–Crippen MR) is 132 cm³/mol. The molecule has 2 heteroatoms. The molecule has 5 aliphatic rings. The number of allylic oxidation sites excluding steroid dienone is 2. The zero-order valence-corrected chi connectivity index (χ0v) is 22.2. The highest BCUT2D eigenvalue weighted by molar-refractivity contribution is 5.34. The fourth-order valence-electron chi connectivity index (χ4n) is 10.6. The molecular formula is C30H50O2. The molecule has 5 rings (SSSR count). The number of aliphatic hydroxyl groups is 2. The van der Waals surface area contributed by atoms with Crippen LogP contribution in [0.4, 0.5) is 0 Å². The van der Waals surface area contributed by atoms with E-state index in [1.54, 1.807) is 5.57 Å². The van der Waals surface area contributed by atoms with Crippen LogP contribution in [0.3, 0.4) is 0 Å². The van der Waals surface area contributed by atoms with Gasteiger partial charge in [-0.05, 0) is 103 Å². The van der Waals surface area contributed by atoms with Gasteiger partial charge in [-0.3, -0.25) is 0 Å². The van der Waals surface area contributed by atoms with Crippen molar-refractivity contribution in [3.05, 3.63) is 11.6 Å². The summed E-state index contributed by atoms with van der Waals surface area (Å²) in [5.41, 5.74) is 2.71. The highest BCUT2D eigenvalue weighted by Crippen LogP contribution is 2.75. The third-order valence-electron chi connectivity index (χ3n) is 13.1. The fourth-order valence-corrected chi connectivity index (χ4v) is 10.6. The largest absolute Gasteiger partial charge is 0.393 e. The zero-order chi connectivity index (χ0) is 23.5. The van der Waals surface area contributed by atoms with Gasteiger partial charge >= 0.3 is 0 Å². The Morgan fingerprint density at radius 3 is 2.09 bits per heavy atom. The number of fused-ring (bicyclic) bond motifs is 7. The Kier molecular flexibility index (Phi) is 4.87. The molecule has 0 amide bonds. The molecule has 2 N–H and O–H groups in total. The third-order valence-corrected chi connectivity index (χ3v) is 13.1. The first-order valence-electron chi connectivity index (χ1n) is 13.7. The predicted octanol–water partition coefficient (Wildman–Crippen LogP) is 7.14. The summed E-state index contributed by atoms with van der Waals surface area (Å²) in [5.74, 6) is 1.75. The quantitative estimate of drug-likeness (QED) is 0.391. The van der Waals surface area contributed by atoms with Crippen molar-refractivity contribution in [2.24, 2.45) is 50.2 Å². The van der Waals surface area contributed by atoms with E-state index in [0.717, 1.165) is 25.7 Å². The van der Waals surface area contributed by atoms with E-state index in [1.807, 2.05) is 0 Å². The molecule has 182 valence electrons. The van der Waals surface area contributed by atoms with Crippen molar-refractivity contribution in [3.8, 4) is 0 Å². The second kappa shape index (κ2) is 6.66. The molecule has 3 unspecified atom stereocenters. The van der Waals surface area contributed by atoms with E-state index in [4.69, 9.17) is 0 Å². The Hall–Kier alpha value is -0.340. The Labute approximate surface area is 197 Å². The second-order valence-corrected chi connectivity index (χ2v) is 15.3. The third kappa shape index (κ3) is 2.72. The van der Waals surface area contributed by atoms with Crippen LogP contribution >= 0.6 is 0 Å². The van der Waals surface area contributed by atoms with E-state index in [2.05, 4.69) is 61.5 Å². The summed E-state index contributed by atoms with van der Waals surface area (Å²) in [6, 6.07) is 0. The molecular weight excluding hydrogens is 392 g/mol. The average molecular weight is 443 g/mol. The van der Waals surface area contributed by atoms with Crippen LogP contribution in [0.15, 0.2) is 11.6 Å². The summed E-state index contributed by atoms with van der Waals surface area (Å²) in [4.78, 5) is 0. The molecule has 0 bridgehead atoms. The van der Waals surface area contributed by atoms with Crippen LogP contribution in [0.1, 0.15) is 113 Å². The van der Waals surface area contributed by atoms with Crippen LogP contribution in [0.25, 0.3) is 0 Å². The van der Waals surface area contributed by atoms with Crippen molar-refractivity contribution in [1.29, 1.82) is 0 Å². The molecule has 0 heterocycles. The maximum atomic E-state index is 11.7. The van der Waals surface area contributed by atoms with Crippen LogP contribution in [-0.2, 0) is 0 Å². The summed E-state index contributed by atoms with van der Waals surface area (Å²) in [5, 5.41) is 22.6. The summed E-state index contributed by atoms with van der Waals surface area (Å²) < 4.78 is 0. The van der Waals surface area contributed by atoms with Crippen LogP contribution < -0.4 is 0 Å². The number of hydrogen-bond acceptors (Lipinski definition) is 2. The van der Waals surface area contributed by atoms with Crippen LogP contribution in [0, 0.1) is 50.2 Å². The Balaban J connectivity index is 1.60. The molecule has 4 saturated carbocycles. The van der Waals surface area contributed by atoms with Gasteiger partial charge in [-0.15, -0.1) is 0 Å². The number of rotatable bonds is 0. The zero-order valence-electron chi connectivity index (χ0n) is 22.2. The number of aliphatic hydroxyl groups excluding tert-OH is 2. The van der Waals surface area contributed by atoms with Gasteiger partial charge in [0.2, 0.25) is 0 Å². The van der Waals surface area contributed by atoms with E-state index in [-0.39, 0.29) is 39.3 Å². The molecule has 0 aliphatic heterocycles. The van der Waals surface area contributed by atoms with E-state index < -0.39 is 0 Å². The molecule has 0 saturated heterocycles. The number of hydrogen-bond donors (Lipinski definition) is 2. The SMILES string of the molecule is CC1(C)CC[C@@]2(C)C(C1)C1=CCC3[C@@]4(C)CC[C@@H](O)C(C)(C)C4CC[C@@]3(C)[C@]1(C)C[C@@H]2O. The van der Waals surface area contributed by atoms with Crippen molar-refractivity contribution in [1.82, 2.24) is 0 Å². The van der Waals surface area contributed by atoms with Crippen molar-refractivity contribution in [2.75, 3.05) is 0 Å². The minimum Gasteiger partial charge on any atom is -0.393 e. The van der Waals surface area contributed by atoms with Crippen molar-refractivity contribution in [2.45, 2.75) is 125 Å². The Bertz CT molecular complexity index is 825. The first-order valence-corrected chi connectivity index (χ1v) is 13.7. The van der Waals surface area contributed by atoms with Crippen molar-refractivity contribution < 1.29 is 10.2 Å². The van der Waals surface area contributed by atoms with Crippen molar-refractivity contribution >= 4 is 0 Å². The van der Waals surface area contributed by atoms with E-state index >= 15 is 0 Å². The first-order chi connectivity index (χ1) is 14.6. The first kappa shape index (κ1) is 23.4. The van der Waals surface area contributed by atoms with E-state index in [0.29, 0.717) is 23.2 Å². The normalized spacial score (nSPS) is 56.2. The average Bonchev–Trinajstić information content (AvgIpc) is 2.68. The summed E-state index contributed by atoms with van der Waals surface area (Å²) in [7, 11) is 0. The molecule has 0 aromatic carbocycles. The molecule has 5 aliphatic carbocycles. The van der Waals surface area contributed by atoms with Gasteiger partial charge in [-0.1, -0.05) is 67.0 Å². The van der Waals surface area contributed by atoms with Crippen LogP contribution in [-0.4, -0.2) is 22.4 Å². The Morgan fingerprint density at radius 1 is 0.719 bits per heavy atom. The molecule has 0 radical (unpaired) electrons. The lowest BCUT2D eigenvalue weighted by Crippen LogP contribution is -2.66. The van der Waals surface area contributed by atoms with Crippen LogP contribution in [0.5, 0.6) is 0 Å². The summed E-state index contributed by atoms with van der Waals surface area (Å²) in [6.45, 7) is 19.7. The van der Waals surface area contributed by atoms with Gasteiger partial charge < -0.3 is 10.2 Å². The van der Waals surface area contributed by atoms with Gasteiger partial charge in [0.25, 0.3) is 0 Å². The lowest BCUT2D eigenvalue weighted by atomic mass is 9.33. The molecule has 32 heavy (non-hydrogen) atoms. The summed E-state index contributed by atoms with van der Waals surface area (Å²) >= 11 is 0. The highest BCUT2D eigenvalue weighted by atomic mass is 16.3. The van der Waals surface area contributed by atoms with Crippen LogP contribution in [0.2, 0.25) is 0 Å². The second-order valence-electron chi connectivity index (χ2n) is 15.3. The molecule has 4 fully saturated rings. The molecule has 9 atom stereocenters. The lowest BCUT2D eigenvalue weighted by Gasteiger charge is -2.72. The lowest BCUT2D eigenvalue weighted by molar-refractivity contribution is -0.213. The standard InChI is InChI=1S/C30H50O2/c1-25(2)15-16-27(5)20(17-25)19-9-10-22-28(6)13-12-23(31)26(3,4)21(28)11-14-29(22,7)30(19,8)18-24(27)32/h9,20-24,31-32H,10-18H2,1-8H3/t20?,21?,22?,23-,24+,27+,28+,29-,30-/m1/s1. The Morgan fingerprint density at radius 2 is 1.41 bits per heavy atom. The smallest absolute Gasteiger partial charge is 0.0608 e. The van der Waals surface area contributed by atoms with Crippen molar-refractivity contribution in [3.63, 3.8) is 0 Å². The van der Waals surface area contributed by atoms with Gasteiger partial charge in [-0.2, -0.15) is 0 Å². The summed E-state index contributed by atoms with van der Waals surface area (Å²) in [6.07, 6.45) is 12.6. The monoisotopic (exact) mass is 442 g/mol. The molecule has 2 nitrogen and oxygen atoms in total. The van der Waals surface area contributed by atoms with Gasteiger partial charge in [0, 0.05) is 5.41 Å². The van der Waals surface area contributed by atoms with Gasteiger partial charge in [-0.25, -0.2) is 0 Å². The van der Waals surface area contributed by atoms with Gasteiger partial charge in [0.15, 0.2) is 0 Å². The van der Waals surface area contributed by atoms with Gasteiger partial charge in [0.1, 0.15) is 0 Å². The van der Waals surface area contributed by atoms with E-state index in [9.17, 15) is 10.2 Å².